The molecule has 0 saturated heterocycles. The normalized spacial score (nSPS) is 18.1. The molecule has 0 atom stereocenters. The largest absolute Gasteiger partial charge is 0.440 e. The van der Waals surface area contributed by atoms with Gasteiger partial charge in [-0.25, -0.2) is 4.98 Å². The molecule has 27 heavy (non-hydrogen) atoms. The van der Waals surface area contributed by atoms with Crippen LogP contribution in [0.25, 0.3) is 11.6 Å². The number of nitrogens with zero attached hydrogens (tertiary/aromatic N) is 4. The van der Waals surface area contributed by atoms with E-state index in [0.717, 1.165) is 43.6 Å². The van der Waals surface area contributed by atoms with Gasteiger partial charge in [0, 0.05) is 36.8 Å². The van der Waals surface area contributed by atoms with Gasteiger partial charge in [-0.1, -0.05) is 43.2 Å². The van der Waals surface area contributed by atoms with Gasteiger partial charge in [-0.15, -0.1) is 0 Å². The van der Waals surface area contributed by atoms with Gasteiger partial charge in [-0.3, -0.25) is 9.58 Å². The third-order valence-corrected chi connectivity index (χ3v) is 6.00. The molecule has 1 saturated carbocycles. The molecule has 5 rings (SSSR count). The second kappa shape index (κ2) is 6.97. The van der Waals surface area contributed by atoms with Crippen molar-refractivity contribution in [1.82, 2.24) is 19.7 Å². The van der Waals surface area contributed by atoms with Crippen molar-refractivity contribution >= 4 is 0 Å². The zero-order valence-corrected chi connectivity index (χ0v) is 15.9. The molecule has 0 N–H and O–H groups in total. The molecule has 3 aromatic rings. The van der Waals surface area contributed by atoms with E-state index < -0.39 is 0 Å². The molecule has 1 aliphatic heterocycles. The maximum atomic E-state index is 5.85. The van der Waals surface area contributed by atoms with E-state index in [4.69, 9.17) is 9.52 Å². The van der Waals surface area contributed by atoms with Gasteiger partial charge in [0.2, 0.25) is 5.89 Å². The molecule has 0 radical (unpaired) electrons. The molecule has 2 aliphatic rings. The molecular formula is C22H26N4O. The van der Waals surface area contributed by atoms with Crippen molar-refractivity contribution < 1.29 is 4.42 Å². The van der Waals surface area contributed by atoms with Crippen LogP contribution in [0.4, 0.5) is 0 Å². The summed E-state index contributed by atoms with van der Waals surface area (Å²) in [6.45, 7) is 4.83. The zero-order chi connectivity index (χ0) is 18.2. The van der Waals surface area contributed by atoms with Crippen LogP contribution in [0.1, 0.15) is 48.3 Å². The monoisotopic (exact) mass is 362 g/mol. The molecule has 1 aromatic carbocycles. The minimum Gasteiger partial charge on any atom is -0.440 e. The Kier molecular flexibility index (Phi) is 4.32. The minimum atomic E-state index is 0.656. The molecule has 140 valence electrons. The van der Waals surface area contributed by atoms with E-state index in [-0.39, 0.29) is 0 Å². The summed E-state index contributed by atoms with van der Waals surface area (Å²) < 4.78 is 8.03. The first-order valence-corrected chi connectivity index (χ1v) is 10.1. The summed E-state index contributed by atoms with van der Waals surface area (Å²) >= 11 is 0. The van der Waals surface area contributed by atoms with Gasteiger partial charge in [0.15, 0.2) is 5.69 Å². The maximum Gasteiger partial charge on any atom is 0.247 e. The van der Waals surface area contributed by atoms with Gasteiger partial charge in [0.25, 0.3) is 0 Å². The van der Waals surface area contributed by atoms with Crippen LogP contribution in [0.3, 0.4) is 0 Å². The quantitative estimate of drug-likeness (QED) is 0.698. The Labute approximate surface area is 160 Å². The van der Waals surface area contributed by atoms with Crippen LogP contribution in [0.2, 0.25) is 0 Å². The summed E-state index contributed by atoms with van der Waals surface area (Å²) in [5.74, 6) is 1.49. The zero-order valence-electron chi connectivity index (χ0n) is 15.9. The smallest absolute Gasteiger partial charge is 0.247 e. The summed E-state index contributed by atoms with van der Waals surface area (Å²) in [7, 11) is 0. The SMILES string of the molecule is Cc1cnc(-c2nn(Cc3ccccc3)c3c2CN(C2CCCC2)CC3)o1. The number of benzene rings is 1. The first kappa shape index (κ1) is 16.8. The average Bonchev–Trinajstić information content (AvgIpc) is 3.43. The lowest BCUT2D eigenvalue weighted by atomic mass is 10.0. The summed E-state index contributed by atoms with van der Waals surface area (Å²) in [6, 6.07) is 11.3. The number of aryl methyl sites for hydroxylation is 1. The Balaban J connectivity index is 1.52. The Morgan fingerprint density at radius 1 is 1.15 bits per heavy atom. The summed E-state index contributed by atoms with van der Waals surface area (Å²) in [6.07, 6.45) is 8.24. The van der Waals surface area contributed by atoms with Gasteiger partial charge in [0.05, 0.1) is 12.7 Å². The Morgan fingerprint density at radius 2 is 1.96 bits per heavy atom. The second-order valence-electron chi connectivity index (χ2n) is 7.85. The third kappa shape index (κ3) is 3.21. The molecule has 0 amide bonds. The first-order valence-electron chi connectivity index (χ1n) is 10.1. The predicted octanol–water partition coefficient (Wildman–Crippen LogP) is 4.20. The van der Waals surface area contributed by atoms with Crippen LogP contribution in [0, 0.1) is 6.92 Å². The van der Waals surface area contributed by atoms with Crippen LogP contribution in [0.5, 0.6) is 0 Å². The Hall–Kier alpha value is -2.40. The molecule has 0 spiro atoms. The molecule has 2 aromatic heterocycles. The summed E-state index contributed by atoms with van der Waals surface area (Å²) in [4.78, 5) is 7.13. The Bertz CT molecular complexity index is 921. The maximum absolute atomic E-state index is 5.85. The molecule has 5 nitrogen and oxygen atoms in total. The van der Waals surface area contributed by atoms with Crippen LogP contribution in [-0.2, 0) is 19.5 Å². The van der Waals surface area contributed by atoms with Crippen molar-refractivity contribution in [3.8, 4) is 11.6 Å². The standard InChI is InChI=1S/C22H26N4O/c1-16-13-23-22(27-16)21-19-15-25(18-9-5-6-10-18)12-11-20(19)26(24-21)14-17-7-3-2-4-8-17/h2-4,7-8,13,18H,5-6,9-12,14-15H2,1H3. The highest BCUT2D eigenvalue weighted by molar-refractivity contribution is 5.56. The lowest BCUT2D eigenvalue weighted by Gasteiger charge is -2.32. The second-order valence-corrected chi connectivity index (χ2v) is 7.85. The topological polar surface area (TPSA) is 47.1 Å². The Morgan fingerprint density at radius 3 is 2.70 bits per heavy atom. The highest BCUT2D eigenvalue weighted by Gasteiger charge is 2.31. The van der Waals surface area contributed by atoms with Gasteiger partial charge in [0.1, 0.15) is 5.76 Å². The van der Waals surface area contributed by atoms with E-state index in [9.17, 15) is 0 Å². The van der Waals surface area contributed by atoms with Gasteiger partial charge >= 0.3 is 0 Å². The van der Waals surface area contributed by atoms with Gasteiger partial charge in [-0.2, -0.15) is 5.10 Å². The molecule has 1 aliphatic carbocycles. The number of hydrogen-bond donors (Lipinski definition) is 0. The van der Waals surface area contributed by atoms with E-state index in [1.807, 2.05) is 6.92 Å². The lowest BCUT2D eigenvalue weighted by molar-refractivity contribution is 0.179. The van der Waals surface area contributed by atoms with E-state index in [1.54, 1.807) is 6.20 Å². The van der Waals surface area contributed by atoms with Crippen LogP contribution in [0.15, 0.2) is 40.9 Å². The molecule has 0 bridgehead atoms. The van der Waals surface area contributed by atoms with E-state index in [1.165, 1.54) is 42.5 Å². The molecule has 1 fully saturated rings. The molecular weight excluding hydrogens is 336 g/mol. The highest BCUT2D eigenvalue weighted by atomic mass is 16.4. The van der Waals surface area contributed by atoms with Gasteiger partial charge in [-0.05, 0) is 25.3 Å². The van der Waals surface area contributed by atoms with Crippen LogP contribution < -0.4 is 0 Å². The lowest BCUT2D eigenvalue weighted by Crippen LogP contribution is -2.38. The fourth-order valence-electron chi connectivity index (χ4n) is 4.62. The highest BCUT2D eigenvalue weighted by Crippen LogP contribution is 2.34. The van der Waals surface area contributed by atoms with Crippen molar-refractivity contribution in [2.45, 2.75) is 58.2 Å². The number of oxazole rings is 1. The van der Waals surface area contributed by atoms with E-state index >= 15 is 0 Å². The molecule has 3 heterocycles. The van der Waals surface area contributed by atoms with E-state index in [0.29, 0.717) is 5.89 Å². The number of fused-ring (bicyclic) bond motifs is 1. The minimum absolute atomic E-state index is 0.656. The number of rotatable bonds is 4. The van der Waals surface area contributed by atoms with Crippen molar-refractivity contribution in [2.24, 2.45) is 0 Å². The predicted molar refractivity (Wildman–Crippen MR) is 104 cm³/mol. The third-order valence-electron chi connectivity index (χ3n) is 6.00. The fourth-order valence-corrected chi connectivity index (χ4v) is 4.62. The average molecular weight is 362 g/mol. The van der Waals surface area contributed by atoms with Crippen molar-refractivity contribution in [2.75, 3.05) is 6.54 Å². The van der Waals surface area contributed by atoms with Crippen LogP contribution >= 0.6 is 0 Å². The molecule has 5 heteroatoms. The number of hydrogen-bond acceptors (Lipinski definition) is 4. The first-order chi connectivity index (χ1) is 13.3. The van der Waals surface area contributed by atoms with E-state index in [2.05, 4.69) is 44.9 Å². The van der Waals surface area contributed by atoms with Gasteiger partial charge < -0.3 is 4.42 Å². The fraction of sp³-hybridized carbons (Fsp3) is 0.455. The van der Waals surface area contributed by atoms with Crippen molar-refractivity contribution in [1.29, 1.82) is 0 Å². The van der Waals surface area contributed by atoms with Crippen LogP contribution in [-0.4, -0.2) is 32.3 Å². The molecule has 0 unspecified atom stereocenters. The van der Waals surface area contributed by atoms with Crippen molar-refractivity contribution in [3.05, 3.63) is 59.1 Å². The number of aromatic nitrogens is 3. The summed E-state index contributed by atoms with van der Waals surface area (Å²) in [5, 5.41) is 4.97. The summed E-state index contributed by atoms with van der Waals surface area (Å²) in [5.41, 5.74) is 4.86. The van der Waals surface area contributed by atoms with Crippen molar-refractivity contribution in [3.63, 3.8) is 0 Å².